The first-order chi connectivity index (χ1) is 11.4. The van der Waals surface area contributed by atoms with Crippen LogP contribution in [0.5, 0.6) is 0 Å². The van der Waals surface area contributed by atoms with E-state index in [1.54, 1.807) is 0 Å². The number of halogens is 2. The summed E-state index contributed by atoms with van der Waals surface area (Å²) in [7, 11) is -3.52. The van der Waals surface area contributed by atoms with Crippen LogP contribution in [0.25, 0.3) is 0 Å². The van der Waals surface area contributed by atoms with Crippen molar-refractivity contribution in [1.82, 2.24) is 4.72 Å². The second-order valence-electron chi connectivity index (χ2n) is 6.61. The number of ether oxygens (including phenoxy) is 1. The summed E-state index contributed by atoms with van der Waals surface area (Å²) < 4.78 is 60.3. The average molecular weight is 359 g/mol. The smallest absolute Gasteiger partial charge is 0.212 e. The Balaban J connectivity index is 1.67. The Bertz CT molecular complexity index is 687. The first-order valence-corrected chi connectivity index (χ1v) is 10.2. The van der Waals surface area contributed by atoms with Gasteiger partial charge in [0, 0.05) is 18.7 Å². The summed E-state index contributed by atoms with van der Waals surface area (Å²) >= 11 is 0. The van der Waals surface area contributed by atoms with Crippen molar-refractivity contribution in [1.29, 1.82) is 0 Å². The summed E-state index contributed by atoms with van der Waals surface area (Å²) in [4.78, 5) is 0. The summed E-state index contributed by atoms with van der Waals surface area (Å²) in [6, 6.07) is 1.54. The van der Waals surface area contributed by atoms with Gasteiger partial charge in [-0.3, -0.25) is 0 Å². The molecular formula is C17H23F2NO3S. The zero-order chi connectivity index (χ0) is 17.2. The van der Waals surface area contributed by atoms with Crippen LogP contribution in [0.15, 0.2) is 12.1 Å². The molecule has 2 aliphatic rings. The maximum Gasteiger partial charge on any atom is 0.212 e. The van der Waals surface area contributed by atoms with Gasteiger partial charge in [-0.2, -0.15) is 0 Å². The second kappa shape index (κ2) is 7.45. The zero-order valence-corrected chi connectivity index (χ0v) is 14.4. The van der Waals surface area contributed by atoms with E-state index >= 15 is 0 Å². The third-order valence-electron chi connectivity index (χ3n) is 4.79. The Kier molecular flexibility index (Phi) is 5.52. The van der Waals surface area contributed by atoms with E-state index < -0.39 is 27.7 Å². The monoisotopic (exact) mass is 359 g/mol. The lowest BCUT2D eigenvalue weighted by molar-refractivity contribution is 0.0147. The molecule has 0 amide bonds. The largest absolute Gasteiger partial charge is 0.378 e. The molecule has 2 atom stereocenters. The van der Waals surface area contributed by atoms with Crippen LogP contribution >= 0.6 is 0 Å². The molecular weight excluding hydrogens is 336 g/mol. The zero-order valence-electron chi connectivity index (χ0n) is 13.6. The standard InChI is InChI=1S/C17H23F2NO3S/c18-12-10-15-14(16(19)11-12)5-3-6-17(15)20-24(21,22)9-7-13-4-1-2-8-23-13/h10-11,13,17,20H,1-9H2/t13?,17-/m0/s1. The minimum Gasteiger partial charge on any atom is -0.378 e. The Morgan fingerprint density at radius 3 is 2.75 bits per heavy atom. The Morgan fingerprint density at radius 2 is 2.00 bits per heavy atom. The van der Waals surface area contributed by atoms with Gasteiger partial charge in [-0.15, -0.1) is 0 Å². The Hall–Kier alpha value is -1.05. The van der Waals surface area contributed by atoms with Crippen molar-refractivity contribution in [2.75, 3.05) is 12.4 Å². The van der Waals surface area contributed by atoms with Crippen molar-refractivity contribution < 1.29 is 21.9 Å². The Labute approximate surface area is 141 Å². The number of sulfonamides is 1. The van der Waals surface area contributed by atoms with Gasteiger partial charge in [-0.25, -0.2) is 21.9 Å². The van der Waals surface area contributed by atoms with Gasteiger partial charge in [0.05, 0.1) is 11.9 Å². The number of hydrogen-bond donors (Lipinski definition) is 1. The van der Waals surface area contributed by atoms with Crippen LogP contribution in [-0.4, -0.2) is 26.9 Å². The van der Waals surface area contributed by atoms with Gasteiger partial charge in [0.2, 0.25) is 10.0 Å². The van der Waals surface area contributed by atoms with Gasteiger partial charge >= 0.3 is 0 Å². The summed E-state index contributed by atoms with van der Waals surface area (Å²) in [5.74, 6) is -1.29. The van der Waals surface area contributed by atoms with Gasteiger partial charge in [0.1, 0.15) is 11.6 Å². The third-order valence-corrected chi connectivity index (χ3v) is 6.21. The van der Waals surface area contributed by atoms with Crippen LogP contribution in [-0.2, 0) is 21.2 Å². The number of nitrogens with one attached hydrogen (secondary N) is 1. The highest BCUT2D eigenvalue weighted by Gasteiger charge is 2.28. The van der Waals surface area contributed by atoms with Crippen molar-refractivity contribution in [2.45, 2.75) is 57.1 Å². The lowest BCUT2D eigenvalue weighted by atomic mass is 9.88. The van der Waals surface area contributed by atoms with E-state index in [2.05, 4.69) is 4.72 Å². The first kappa shape index (κ1) is 17.8. The van der Waals surface area contributed by atoms with E-state index in [1.807, 2.05) is 0 Å². The third kappa shape index (κ3) is 4.32. The van der Waals surface area contributed by atoms with Crippen molar-refractivity contribution in [2.24, 2.45) is 0 Å². The van der Waals surface area contributed by atoms with Crippen LogP contribution in [0.3, 0.4) is 0 Å². The highest BCUT2D eigenvalue weighted by atomic mass is 32.2. The lowest BCUT2D eigenvalue weighted by Gasteiger charge is -2.27. The molecule has 1 aromatic rings. The van der Waals surface area contributed by atoms with Gasteiger partial charge in [0.15, 0.2) is 0 Å². The summed E-state index contributed by atoms with van der Waals surface area (Å²) in [6.45, 7) is 0.687. The molecule has 0 saturated carbocycles. The quantitative estimate of drug-likeness (QED) is 0.878. The maximum atomic E-state index is 13.9. The highest BCUT2D eigenvalue weighted by molar-refractivity contribution is 7.89. The van der Waals surface area contributed by atoms with E-state index in [0.29, 0.717) is 43.4 Å². The summed E-state index contributed by atoms with van der Waals surface area (Å²) in [6.07, 6.45) is 5.15. The molecule has 1 unspecified atom stereocenters. The van der Waals surface area contributed by atoms with Gasteiger partial charge in [-0.1, -0.05) is 0 Å². The second-order valence-corrected chi connectivity index (χ2v) is 8.49. The highest BCUT2D eigenvalue weighted by Crippen LogP contribution is 2.32. The number of rotatable bonds is 5. The van der Waals surface area contributed by atoms with Gasteiger partial charge < -0.3 is 4.74 Å². The predicted molar refractivity (Wildman–Crippen MR) is 87.2 cm³/mol. The average Bonchev–Trinajstić information content (AvgIpc) is 2.55. The minimum absolute atomic E-state index is 0.0103. The fourth-order valence-corrected chi connectivity index (χ4v) is 4.93. The van der Waals surface area contributed by atoms with Crippen molar-refractivity contribution in [3.63, 3.8) is 0 Å². The van der Waals surface area contributed by atoms with E-state index in [9.17, 15) is 17.2 Å². The molecule has 1 aromatic carbocycles. The van der Waals surface area contributed by atoms with Crippen LogP contribution in [0.2, 0.25) is 0 Å². The van der Waals surface area contributed by atoms with Crippen molar-refractivity contribution in [3.05, 3.63) is 34.9 Å². The van der Waals surface area contributed by atoms with Gasteiger partial charge in [-0.05, 0) is 62.1 Å². The van der Waals surface area contributed by atoms with Crippen LogP contribution in [0.1, 0.15) is 55.7 Å². The molecule has 134 valence electrons. The van der Waals surface area contributed by atoms with Crippen molar-refractivity contribution in [3.8, 4) is 0 Å². The number of benzene rings is 1. The molecule has 24 heavy (non-hydrogen) atoms. The van der Waals surface area contributed by atoms with E-state index in [0.717, 1.165) is 25.3 Å². The first-order valence-electron chi connectivity index (χ1n) is 8.54. The molecule has 1 aliphatic carbocycles. The molecule has 0 aromatic heterocycles. The topological polar surface area (TPSA) is 55.4 Å². The minimum atomic E-state index is -3.52. The van der Waals surface area contributed by atoms with Crippen molar-refractivity contribution >= 4 is 10.0 Å². The number of hydrogen-bond acceptors (Lipinski definition) is 3. The van der Waals surface area contributed by atoms with Crippen LogP contribution in [0.4, 0.5) is 8.78 Å². The molecule has 3 rings (SSSR count). The molecule has 7 heteroatoms. The lowest BCUT2D eigenvalue weighted by Crippen LogP contribution is -2.34. The van der Waals surface area contributed by atoms with E-state index in [-0.39, 0.29) is 11.9 Å². The molecule has 0 spiro atoms. The molecule has 1 saturated heterocycles. The molecule has 1 heterocycles. The molecule has 4 nitrogen and oxygen atoms in total. The molecule has 1 fully saturated rings. The van der Waals surface area contributed by atoms with Crippen LogP contribution in [0, 0.1) is 11.6 Å². The van der Waals surface area contributed by atoms with E-state index in [1.165, 1.54) is 6.07 Å². The maximum absolute atomic E-state index is 13.9. The number of fused-ring (bicyclic) bond motifs is 1. The normalized spacial score (nSPS) is 24.6. The SMILES string of the molecule is O=S(=O)(CCC1CCCCO1)N[C@H]1CCCc2c(F)cc(F)cc21. The van der Waals surface area contributed by atoms with Crippen LogP contribution < -0.4 is 4.72 Å². The fourth-order valence-electron chi connectivity index (χ4n) is 3.56. The molecule has 0 radical (unpaired) electrons. The summed E-state index contributed by atoms with van der Waals surface area (Å²) in [5, 5.41) is 0. The fraction of sp³-hybridized carbons (Fsp3) is 0.647. The molecule has 1 aliphatic heterocycles. The molecule has 0 bridgehead atoms. The Morgan fingerprint density at radius 1 is 1.17 bits per heavy atom. The predicted octanol–water partition coefficient (Wildman–Crippen LogP) is 3.22. The van der Waals surface area contributed by atoms with Gasteiger partial charge in [0.25, 0.3) is 0 Å². The molecule has 1 N–H and O–H groups in total. The van der Waals surface area contributed by atoms with E-state index in [4.69, 9.17) is 4.74 Å². The summed E-state index contributed by atoms with van der Waals surface area (Å²) in [5.41, 5.74) is 0.849.